The summed E-state index contributed by atoms with van der Waals surface area (Å²) in [5.41, 5.74) is 2.45. The van der Waals surface area contributed by atoms with Crippen molar-refractivity contribution in [2.45, 2.75) is 0 Å². The molecule has 0 spiro atoms. The van der Waals surface area contributed by atoms with Crippen molar-refractivity contribution in [2.75, 3.05) is 13.2 Å². The molecule has 0 unspecified atom stereocenters. The van der Waals surface area contributed by atoms with Crippen molar-refractivity contribution < 1.29 is 23.8 Å². The molecule has 0 aromatic heterocycles. The molecule has 2 aromatic carbocycles. The lowest BCUT2D eigenvalue weighted by Gasteiger charge is -2.07. The van der Waals surface area contributed by atoms with Gasteiger partial charge >= 0.3 is 12.1 Å². The van der Waals surface area contributed by atoms with Gasteiger partial charge in [-0.3, -0.25) is 0 Å². The average molecular weight is 337 g/mol. The van der Waals surface area contributed by atoms with Gasteiger partial charge in [0.05, 0.1) is 6.57 Å². The first kappa shape index (κ1) is 17.8. The van der Waals surface area contributed by atoms with E-state index in [0.717, 1.165) is 17.2 Å². The van der Waals surface area contributed by atoms with Gasteiger partial charge in [0.1, 0.15) is 19.0 Å². The number of benzene rings is 2. The summed E-state index contributed by atoms with van der Waals surface area (Å²) < 4.78 is 14.5. The van der Waals surface area contributed by atoms with E-state index in [1.54, 1.807) is 36.4 Å². The topological polar surface area (TPSA) is 66.2 Å². The lowest BCUT2D eigenvalue weighted by molar-refractivity contribution is -0.138. The van der Waals surface area contributed by atoms with Crippen LogP contribution in [-0.2, 0) is 14.3 Å². The van der Waals surface area contributed by atoms with Crippen LogP contribution in [0, 0.1) is 6.57 Å². The average Bonchev–Trinajstić information content (AvgIpc) is 2.65. The van der Waals surface area contributed by atoms with Crippen molar-refractivity contribution in [2.24, 2.45) is 0 Å². The number of carbonyl (C=O) groups excluding carboxylic acids is 2. The van der Waals surface area contributed by atoms with E-state index >= 15 is 0 Å². The zero-order chi connectivity index (χ0) is 18.1. The molecule has 0 fully saturated rings. The normalized spacial score (nSPS) is 9.56. The summed E-state index contributed by atoms with van der Waals surface area (Å²) in [4.78, 5) is 25.7. The van der Waals surface area contributed by atoms with Gasteiger partial charge in [0.25, 0.3) is 0 Å². The summed E-state index contributed by atoms with van der Waals surface area (Å²) in [5, 5.41) is 0. The Bertz CT molecular complexity index is 788. The van der Waals surface area contributed by atoms with Gasteiger partial charge in [-0.15, -0.1) is 0 Å². The van der Waals surface area contributed by atoms with Crippen molar-refractivity contribution in [3.05, 3.63) is 72.6 Å². The fourth-order valence-electron chi connectivity index (χ4n) is 1.90. The molecular formula is C19H15NO5. The van der Waals surface area contributed by atoms with Crippen LogP contribution in [0.5, 0.6) is 5.75 Å². The largest absolute Gasteiger partial charge is 0.513 e. The fraction of sp³-hybridized carbons (Fsp3) is 0.105. The maximum absolute atomic E-state index is 11.5. The standard InChI is InChI=1S/C19H15NO5/c1-3-18(21)23-12-13-24-19(22)25-17-10-6-15(7-11-17)14-4-8-16(20-2)9-5-14/h3-11H,1,12-13H2. The lowest BCUT2D eigenvalue weighted by Crippen LogP contribution is -2.15. The SMILES string of the molecule is [C-]#[N+]c1ccc(-c2ccc(OC(=O)OCCOC(=O)C=C)cc2)cc1. The molecule has 0 aliphatic heterocycles. The van der Waals surface area contributed by atoms with E-state index in [0.29, 0.717) is 11.4 Å². The molecule has 0 saturated carbocycles. The molecule has 6 nitrogen and oxygen atoms in total. The van der Waals surface area contributed by atoms with Gasteiger partial charge in [-0.1, -0.05) is 43.0 Å². The van der Waals surface area contributed by atoms with Crippen molar-refractivity contribution in [1.29, 1.82) is 0 Å². The third-order valence-corrected chi connectivity index (χ3v) is 3.10. The highest BCUT2D eigenvalue weighted by Crippen LogP contribution is 2.24. The highest BCUT2D eigenvalue weighted by Gasteiger charge is 2.07. The second-order valence-electron chi connectivity index (χ2n) is 4.76. The Labute approximate surface area is 145 Å². The van der Waals surface area contributed by atoms with Crippen LogP contribution in [-0.4, -0.2) is 25.3 Å². The van der Waals surface area contributed by atoms with Gasteiger partial charge in [-0.25, -0.2) is 14.4 Å². The Morgan fingerprint density at radius 2 is 1.52 bits per heavy atom. The molecule has 0 bridgehead atoms. The molecule has 126 valence electrons. The Hall–Kier alpha value is -3.59. The minimum absolute atomic E-state index is 0.0699. The second kappa shape index (κ2) is 8.89. The molecule has 0 aliphatic carbocycles. The highest BCUT2D eigenvalue weighted by atomic mass is 16.7. The van der Waals surface area contributed by atoms with E-state index in [1.165, 1.54) is 0 Å². The van der Waals surface area contributed by atoms with E-state index in [9.17, 15) is 9.59 Å². The van der Waals surface area contributed by atoms with E-state index in [-0.39, 0.29) is 13.2 Å². The third kappa shape index (κ3) is 5.52. The van der Waals surface area contributed by atoms with Crippen molar-refractivity contribution in [3.8, 4) is 16.9 Å². The number of hydrogen-bond donors (Lipinski definition) is 0. The smallest absolute Gasteiger partial charge is 0.459 e. The van der Waals surface area contributed by atoms with Gasteiger partial charge in [0.15, 0.2) is 5.69 Å². The molecule has 2 rings (SSSR count). The van der Waals surface area contributed by atoms with E-state index in [2.05, 4.69) is 16.2 Å². The number of carbonyl (C=O) groups is 2. The van der Waals surface area contributed by atoms with Gasteiger partial charge in [-0.05, 0) is 23.3 Å². The van der Waals surface area contributed by atoms with Gasteiger partial charge in [-0.2, -0.15) is 0 Å². The Balaban J connectivity index is 1.85. The van der Waals surface area contributed by atoms with Crippen LogP contribution >= 0.6 is 0 Å². The quantitative estimate of drug-likeness (QED) is 0.260. The molecule has 0 atom stereocenters. The molecule has 0 radical (unpaired) electrons. The lowest BCUT2D eigenvalue weighted by atomic mass is 10.1. The van der Waals surface area contributed by atoms with E-state index in [1.807, 2.05) is 12.1 Å². The van der Waals surface area contributed by atoms with Crippen LogP contribution in [0.15, 0.2) is 61.2 Å². The maximum Gasteiger partial charge on any atom is 0.513 e. The predicted octanol–water partition coefficient (Wildman–Crippen LogP) is 4.15. The Morgan fingerprint density at radius 1 is 0.960 bits per heavy atom. The van der Waals surface area contributed by atoms with Crippen molar-refractivity contribution in [3.63, 3.8) is 0 Å². The molecule has 2 aromatic rings. The molecule has 0 aliphatic rings. The molecule has 25 heavy (non-hydrogen) atoms. The third-order valence-electron chi connectivity index (χ3n) is 3.10. The Morgan fingerprint density at radius 3 is 2.08 bits per heavy atom. The highest BCUT2D eigenvalue weighted by molar-refractivity contribution is 5.81. The van der Waals surface area contributed by atoms with Crippen LogP contribution in [0.3, 0.4) is 0 Å². The number of esters is 1. The van der Waals surface area contributed by atoms with E-state index < -0.39 is 12.1 Å². The first-order valence-corrected chi connectivity index (χ1v) is 7.34. The molecule has 0 amide bonds. The minimum atomic E-state index is -0.885. The molecule has 6 heteroatoms. The summed E-state index contributed by atoms with van der Waals surface area (Å²) in [5.74, 6) is -0.258. The number of ether oxygens (including phenoxy) is 3. The summed E-state index contributed by atoms with van der Waals surface area (Å²) in [6, 6.07) is 14.0. The van der Waals surface area contributed by atoms with Crippen LogP contribution in [0.1, 0.15) is 0 Å². The number of rotatable bonds is 6. The summed E-state index contributed by atoms with van der Waals surface area (Å²) in [6.07, 6.45) is 0.138. The van der Waals surface area contributed by atoms with Crippen molar-refractivity contribution >= 4 is 17.8 Å². The first-order valence-electron chi connectivity index (χ1n) is 7.34. The van der Waals surface area contributed by atoms with Crippen LogP contribution in [0.25, 0.3) is 16.0 Å². The number of nitrogens with zero attached hydrogens (tertiary/aromatic N) is 1. The fourth-order valence-corrected chi connectivity index (χ4v) is 1.90. The first-order chi connectivity index (χ1) is 12.1. The van der Waals surface area contributed by atoms with Crippen LogP contribution in [0.2, 0.25) is 0 Å². The summed E-state index contributed by atoms with van der Waals surface area (Å²) >= 11 is 0. The Kier molecular flexibility index (Phi) is 6.32. The minimum Gasteiger partial charge on any atom is -0.459 e. The molecular weight excluding hydrogens is 322 g/mol. The monoisotopic (exact) mass is 337 g/mol. The molecule has 0 heterocycles. The van der Waals surface area contributed by atoms with E-state index in [4.69, 9.17) is 16.0 Å². The van der Waals surface area contributed by atoms with Gasteiger partial charge in [0.2, 0.25) is 0 Å². The summed E-state index contributed by atoms with van der Waals surface area (Å²) in [6.45, 7) is 10.0. The van der Waals surface area contributed by atoms with Gasteiger partial charge < -0.3 is 14.2 Å². The van der Waals surface area contributed by atoms with Gasteiger partial charge in [0, 0.05) is 6.08 Å². The van der Waals surface area contributed by atoms with Crippen molar-refractivity contribution in [1.82, 2.24) is 0 Å². The van der Waals surface area contributed by atoms with Crippen LogP contribution in [0.4, 0.5) is 10.5 Å². The molecule has 0 N–H and O–H groups in total. The molecule has 0 saturated heterocycles. The van der Waals surface area contributed by atoms with Crippen LogP contribution < -0.4 is 4.74 Å². The zero-order valence-corrected chi connectivity index (χ0v) is 13.3. The zero-order valence-electron chi connectivity index (χ0n) is 13.3. The maximum atomic E-state index is 11.5. The number of hydrogen-bond acceptors (Lipinski definition) is 5. The second-order valence-corrected chi connectivity index (χ2v) is 4.76. The predicted molar refractivity (Wildman–Crippen MR) is 91.3 cm³/mol. The summed E-state index contributed by atoms with van der Waals surface area (Å²) in [7, 11) is 0.